The molecule has 0 radical (unpaired) electrons. The summed E-state index contributed by atoms with van der Waals surface area (Å²) in [6.07, 6.45) is 0.224. The van der Waals surface area contributed by atoms with Gasteiger partial charge in [-0.1, -0.05) is 30.3 Å². The van der Waals surface area contributed by atoms with Gasteiger partial charge in [0.25, 0.3) is 0 Å². The molecule has 1 aliphatic rings. The fourth-order valence-electron chi connectivity index (χ4n) is 3.72. The summed E-state index contributed by atoms with van der Waals surface area (Å²) in [5, 5.41) is 3.10. The van der Waals surface area contributed by atoms with Gasteiger partial charge in [-0.2, -0.15) is 0 Å². The summed E-state index contributed by atoms with van der Waals surface area (Å²) in [6, 6.07) is 14.0. The van der Waals surface area contributed by atoms with Crippen molar-refractivity contribution in [3.63, 3.8) is 0 Å². The molecule has 1 aliphatic heterocycles. The Morgan fingerprint density at radius 3 is 2.23 bits per heavy atom. The van der Waals surface area contributed by atoms with Crippen molar-refractivity contribution < 1.29 is 23.7 Å². The van der Waals surface area contributed by atoms with Crippen molar-refractivity contribution in [1.29, 1.82) is 0 Å². The number of morpholine rings is 1. The smallest absolute Gasteiger partial charge is 0.224 e. The van der Waals surface area contributed by atoms with Crippen molar-refractivity contribution in [3.05, 3.63) is 53.6 Å². The molecular formula is C23H30N2O5. The molecule has 1 fully saturated rings. The minimum atomic E-state index is -0.0570. The van der Waals surface area contributed by atoms with E-state index in [1.165, 1.54) is 5.56 Å². The van der Waals surface area contributed by atoms with Crippen molar-refractivity contribution in [2.45, 2.75) is 12.5 Å². The minimum absolute atomic E-state index is 0.0570. The number of nitrogens with zero attached hydrogens (tertiary/aromatic N) is 1. The van der Waals surface area contributed by atoms with E-state index in [4.69, 9.17) is 18.9 Å². The summed E-state index contributed by atoms with van der Waals surface area (Å²) >= 11 is 0. The van der Waals surface area contributed by atoms with Crippen LogP contribution in [-0.2, 0) is 16.0 Å². The molecule has 1 saturated heterocycles. The Labute approximate surface area is 177 Å². The third-order valence-corrected chi connectivity index (χ3v) is 5.25. The molecule has 0 bridgehead atoms. The molecule has 2 aromatic rings. The van der Waals surface area contributed by atoms with Crippen LogP contribution in [0, 0.1) is 0 Å². The number of hydrogen-bond donors (Lipinski definition) is 1. The summed E-state index contributed by atoms with van der Waals surface area (Å²) in [4.78, 5) is 15.1. The van der Waals surface area contributed by atoms with Crippen LogP contribution in [0.15, 0.2) is 42.5 Å². The first-order valence-electron chi connectivity index (χ1n) is 10.1. The Kier molecular flexibility index (Phi) is 7.93. The van der Waals surface area contributed by atoms with Crippen LogP contribution in [0.4, 0.5) is 0 Å². The Morgan fingerprint density at radius 1 is 1.03 bits per heavy atom. The SMILES string of the molecule is COc1cc(CC(=O)NCC(c2ccccc2)N2CCOCC2)cc(OC)c1OC. The number of methoxy groups -OCH3 is 3. The molecule has 7 nitrogen and oxygen atoms in total. The van der Waals surface area contributed by atoms with Crippen LogP contribution in [0.25, 0.3) is 0 Å². The van der Waals surface area contributed by atoms with Crippen molar-refractivity contribution in [1.82, 2.24) is 10.2 Å². The van der Waals surface area contributed by atoms with Gasteiger partial charge in [-0.25, -0.2) is 0 Å². The average molecular weight is 415 g/mol. The normalized spacial score (nSPS) is 15.3. The monoisotopic (exact) mass is 414 g/mol. The zero-order valence-corrected chi connectivity index (χ0v) is 17.8. The second-order valence-electron chi connectivity index (χ2n) is 7.09. The van der Waals surface area contributed by atoms with Crippen LogP contribution < -0.4 is 19.5 Å². The van der Waals surface area contributed by atoms with Crippen molar-refractivity contribution in [2.75, 3.05) is 54.2 Å². The molecule has 30 heavy (non-hydrogen) atoms. The highest BCUT2D eigenvalue weighted by molar-refractivity contribution is 5.79. The molecule has 1 unspecified atom stereocenters. The lowest BCUT2D eigenvalue weighted by Gasteiger charge is -2.35. The van der Waals surface area contributed by atoms with Crippen LogP contribution in [0.2, 0.25) is 0 Å². The van der Waals surface area contributed by atoms with Gasteiger partial charge in [0.2, 0.25) is 11.7 Å². The molecule has 0 aliphatic carbocycles. The quantitative estimate of drug-likeness (QED) is 0.680. The molecule has 7 heteroatoms. The Morgan fingerprint density at radius 2 is 1.67 bits per heavy atom. The number of benzene rings is 2. The van der Waals surface area contributed by atoms with Crippen LogP contribution in [-0.4, -0.2) is 65.0 Å². The predicted molar refractivity (Wildman–Crippen MR) is 114 cm³/mol. The lowest BCUT2D eigenvalue weighted by Crippen LogP contribution is -2.44. The van der Waals surface area contributed by atoms with Crippen molar-refractivity contribution >= 4 is 5.91 Å². The highest BCUT2D eigenvalue weighted by Crippen LogP contribution is 2.38. The molecule has 0 saturated carbocycles. The second-order valence-corrected chi connectivity index (χ2v) is 7.09. The molecule has 2 aromatic carbocycles. The molecule has 3 rings (SSSR count). The molecule has 162 valence electrons. The highest BCUT2D eigenvalue weighted by atomic mass is 16.5. The summed E-state index contributed by atoms with van der Waals surface area (Å²) < 4.78 is 21.6. The van der Waals surface area contributed by atoms with Crippen molar-refractivity contribution in [2.24, 2.45) is 0 Å². The maximum Gasteiger partial charge on any atom is 0.224 e. The van der Waals surface area contributed by atoms with E-state index in [2.05, 4.69) is 22.3 Å². The van der Waals surface area contributed by atoms with Gasteiger partial charge in [-0.05, 0) is 23.3 Å². The molecule has 0 spiro atoms. The Hall–Kier alpha value is -2.77. The number of carbonyl (C=O) groups excluding carboxylic acids is 1. The zero-order chi connectivity index (χ0) is 21.3. The molecule has 1 atom stereocenters. The van der Waals surface area contributed by atoms with E-state index >= 15 is 0 Å². The van der Waals surface area contributed by atoms with Crippen LogP contribution >= 0.6 is 0 Å². The van der Waals surface area contributed by atoms with Gasteiger partial charge in [0, 0.05) is 19.6 Å². The van der Waals surface area contributed by atoms with E-state index in [1.807, 2.05) is 18.2 Å². The predicted octanol–water partition coefficient (Wildman–Crippen LogP) is 2.44. The van der Waals surface area contributed by atoms with Gasteiger partial charge in [0.1, 0.15) is 0 Å². The highest BCUT2D eigenvalue weighted by Gasteiger charge is 2.23. The fourth-order valence-corrected chi connectivity index (χ4v) is 3.72. The van der Waals surface area contributed by atoms with E-state index in [9.17, 15) is 4.79 Å². The summed E-state index contributed by atoms with van der Waals surface area (Å²) in [5.74, 6) is 1.53. The largest absolute Gasteiger partial charge is 0.493 e. The lowest BCUT2D eigenvalue weighted by molar-refractivity contribution is -0.120. The van der Waals surface area contributed by atoms with E-state index in [0.29, 0.717) is 37.0 Å². The van der Waals surface area contributed by atoms with Gasteiger partial charge in [0.15, 0.2) is 11.5 Å². The number of amides is 1. The fraction of sp³-hybridized carbons (Fsp3) is 0.435. The minimum Gasteiger partial charge on any atom is -0.493 e. The van der Waals surface area contributed by atoms with Crippen LogP contribution in [0.1, 0.15) is 17.2 Å². The summed E-state index contributed by atoms with van der Waals surface area (Å²) in [6.45, 7) is 3.66. The van der Waals surface area contributed by atoms with Gasteiger partial charge in [-0.15, -0.1) is 0 Å². The maximum atomic E-state index is 12.7. The third-order valence-electron chi connectivity index (χ3n) is 5.25. The first kappa shape index (κ1) is 21.9. The summed E-state index contributed by atoms with van der Waals surface area (Å²) in [7, 11) is 4.68. The van der Waals surface area contributed by atoms with Crippen LogP contribution in [0.3, 0.4) is 0 Å². The number of rotatable bonds is 9. The van der Waals surface area contributed by atoms with Gasteiger partial charge in [-0.3, -0.25) is 9.69 Å². The zero-order valence-electron chi connectivity index (χ0n) is 17.8. The molecule has 1 N–H and O–H groups in total. The lowest BCUT2D eigenvalue weighted by atomic mass is 10.0. The van der Waals surface area contributed by atoms with E-state index in [1.54, 1.807) is 33.5 Å². The van der Waals surface area contributed by atoms with E-state index in [-0.39, 0.29) is 18.4 Å². The molecule has 1 heterocycles. The Bertz CT molecular complexity index is 797. The van der Waals surface area contributed by atoms with E-state index < -0.39 is 0 Å². The number of nitrogens with one attached hydrogen (secondary N) is 1. The molecule has 1 amide bonds. The summed E-state index contributed by atoms with van der Waals surface area (Å²) in [5.41, 5.74) is 1.98. The Balaban J connectivity index is 1.68. The number of carbonyl (C=O) groups is 1. The first-order valence-corrected chi connectivity index (χ1v) is 10.1. The number of hydrogen-bond acceptors (Lipinski definition) is 6. The third kappa shape index (κ3) is 5.43. The standard InChI is InChI=1S/C23H30N2O5/c1-27-20-13-17(14-21(28-2)23(20)29-3)15-22(26)24-16-19(18-7-5-4-6-8-18)25-9-11-30-12-10-25/h4-8,13-14,19H,9-12,15-16H2,1-3H3,(H,24,26). The molecule has 0 aromatic heterocycles. The van der Waals surface area contributed by atoms with Gasteiger partial charge >= 0.3 is 0 Å². The van der Waals surface area contributed by atoms with Gasteiger partial charge in [0.05, 0.1) is 47.0 Å². The van der Waals surface area contributed by atoms with E-state index in [0.717, 1.165) is 18.7 Å². The topological polar surface area (TPSA) is 69.3 Å². The van der Waals surface area contributed by atoms with Crippen LogP contribution in [0.5, 0.6) is 17.2 Å². The molecular weight excluding hydrogens is 384 g/mol. The van der Waals surface area contributed by atoms with Crippen molar-refractivity contribution in [3.8, 4) is 17.2 Å². The van der Waals surface area contributed by atoms with Gasteiger partial charge < -0.3 is 24.3 Å². The first-order chi connectivity index (χ1) is 14.7. The second kappa shape index (κ2) is 10.8. The number of ether oxygens (including phenoxy) is 4. The maximum absolute atomic E-state index is 12.7. The average Bonchev–Trinajstić information content (AvgIpc) is 2.80.